The zero-order valence-corrected chi connectivity index (χ0v) is 9.28. The lowest BCUT2D eigenvalue weighted by Gasteiger charge is -2.03. The lowest BCUT2D eigenvalue weighted by Crippen LogP contribution is -2.18. The number of carbonyl (C=O) groups excluding carboxylic acids is 2. The normalized spacial score (nSPS) is 14.3. The minimum Gasteiger partial charge on any atom is -0.388 e. The molecule has 0 amide bonds. The van der Waals surface area contributed by atoms with Crippen molar-refractivity contribution in [2.45, 2.75) is 19.9 Å². The average molecular weight is 215 g/mol. The molecule has 1 aliphatic carbocycles. The number of ketones is 2. The van der Waals surface area contributed by atoms with Gasteiger partial charge in [-0.2, -0.15) is 0 Å². The molecule has 1 aromatic rings. The molecule has 0 bridgehead atoms. The molecule has 0 aromatic heterocycles. The van der Waals surface area contributed by atoms with E-state index in [4.69, 9.17) is 0 Å². The minimum absolute atomic E-state index is 0.186. The van der Waals surface area contributed by atoms with Crippen molar-refractivity contribution in [3.05, 3.63) is 47.2 Å². The Morgan fingerprint density at radius 2 is 1.56 bits per heavy atom. The Bertz CT molecular complexity index is 449. The van der Waals surface area contributed by atoms with Crippen LogP contribution in [0.4, 0.5) is 0 Å². The van der Waals surface area contributed by atoms with Crippen molar-refractivity contribution in [2.75, 3.05) is 0 Å². The Labute approximate surface area is 94.2 Å². The maximum Gasteiger partial charge on any atom is 0.199 e. The third-order valence-electron chi connectivity index (χ3n) is 2.47. The number of allylic oxidation sites excluding steroid dienone is 1. The summed E-state index contributed by atoms with van der Waals surface area (Å²) in [5.74, 6) is -0.373. The van der Waals surface area contributed by atoms with Crippen molar-refractivity contribution >= 4 is 11.6 Å². The second kappa shape index (κ2) is 3.93. The van der Waals surface area contributed by atoms with Gasteiger partial charge in [-0.25, -0.2) is 0 Å². The van der Waals surface area contributed by atoms with Crippen molar-refractivity contribution in [1.82, 2.24) is 5.32 Å². The van der Waals surface area contributed by atoms with Crippen LogP contribution in [0, 0.1) is 0 Å². The number of hydrogen-bond donors (Lipinski definition) is 1. The highest BCUT2D eigenvalue weighted by atomic mass is 16.2. The van der Waals surface area contributed by atoms with Crippen LogP contribution in [0.3, 0.4) is 0 Å². The molecule has 0 fully saturated rings. The number of nitrogens with one attached hydrogen (secondary N) is 1. The lowest BCUT2D eigenvalue weighted by molar-refractivity contribution is 0.0988. The van der Waals surface area contributed by atoms with Crippen LogP contribution >= 0.6 is 0 Å². The van der Waals surface area contributed by atoms with E-state index in [0.717, 1.165) is 0 Å². The number of Topliss-reactive ketones (excluding diaryl/α,β-unsaturated/α-hetero) is 2. The smallest absolute Gasteiger partial charge is 0.199 e. The monoisotopic (exact) mass is 215 g/mol. The summed E-state index contributed by atoms with van der Waals surface area (Å²) in [5.41, 5.74) is 1.24. The van der Waals surface area contributed by atoms with Gasteiger partial charge in [0.15, 0.2) is 11.6 Å². The first-order valence-electron chi connectivity index (χ1n) is 5.26. The predicted octanol–water partition coefficient (Wildman–Crippen LogP) is 1.95. The third-order valence-corrected chi connectivity index (χ3v) is 2.47. The van der Waals surface area contributed by atoms with Gasteiger partial charge < -0.3 is 5.32 Å². The SMILES string of the molecule is CC(C)NC=C1C(=O)c2ccccc2C1=O. The first kappa shape index (κ1) is 10.6. The van der Waals surface area contributed by atoms with E-state index < -0.39 is 0 Å². The van der Waals surface area contributed by atoms with Gasteiger partial charge in [-0.1, -0.05) is 24.3 Å². The summed E-state index contributed by atoms with van der Waals surface area (Å²) >= 11 is 0. The highest BCUT2D eigenvalue weighted by Gasteiger charge is 2.32. The Morgan fingerprint density at radius 1 is 1.06 bits per heavy atom. The number of benzene rings is 1. The van der Waals surface area contributed by atoms with E-state index in [1.54, 1.807) is 24.3 Å². The van der Waals surface area contributed by atoms with E-state index >= 15 is 0 Å². The first-order chi connectivity index (χ1) is 7.61. The van der Waals surface area contributed by atoms with Crippen molar-refractivity contribution in [3.8, 4) is 0 Å². The maximum atomic E-state index is 11.9. The van der Waals surface area contributed by atoms with Gasteiger partial charge in [0.05, 0.1) is 5.57 Å². The summed E-state index contributed by atoms with van der Waals surface area (Å²) in [5, 5.41) is 2.98. The summed E-state index contributed by atoms with van der Waals surface area (Å²) in [4.78, 5) is 23.8. The molecule has 1 N–H and O–H groups in total. The Balaban J connectivity index is 2.39. The van der Waals surface area contributed by atoms with Crippen LogP contribution in [0.5, 0.6) is 0 Å². The molecule has 1 aromatic carbocycles. The number of fused-ring (bicyclic) bond motifs is 1. The topological polar surface area (TPSA) is 46.2 Å². The van der Waals surface area contributed by atoms with Gasteiger partial charge in [-0.05, 0) is 13.8 Å². The van der Waals surface area contributed by atoms with Gasteiger partial charge >= 0.3 is 0 Å². The quantitative estimate of drug-likeness (QED) is 0.606. The zero-order valence-electron chi connectivity index (χ0n) is 9.28. The van der Waals surface area contributed by atoms with Gasteiger partial charge in [0, 0.05) is 23.4 Å². The van der Waals surface area contributed by atoms with Crippen molar-refractivity contribution in [1.29, 1.82) is 0 Å². The summed E-state index contributed by atoms with van der Waals surface area (Å²) in [6, 6.07) is 7.11. The summed E-state index contributed by atoms with van der Waals surface area (Å²) < 4.78 is 0. The fraction of sp³-hybridized carbons (Fsp3) is 0.231. The molecule has 0 radical (unpaired) electrons. The molecule has 2 rings (SSSR count). The van der Waals surface area contributed by atoms with Gasteiger partial charge in [-0.15, -0.1) is 0 Å². The van der Waals surface area contributed by atoms with Crippen LogP contribution in [-0.2, 0) is 0 Å². The molecule has 0 saturated carbocycles. The Kier molecular flexibility index (Phi) is 2.60. The van der Waals surface area contributed by atoms with E-state index in [1.807, 2.05) is 13.8 Å². The molecule has 16 heavy (non-hydrogen) atoms. The van der Waals surface area contributed by atoms with Crippen molar-refractivity contribution < 1.29 is 9.59 Å². The Hall–Kier alpha value is -1.90. The minimum atomic E-state index is -0.186. The molecule has 0 atom stereocenters. The van der Waals surface area contributed by atoms with Crippen molar-refractivity contribution in [2.24, 2.45) is 0 Å². The van der Waals surface area contributed by atoms with Gasteiger partial charge in [0.2, 0.25) is 0 Å². The molecule has 0 unspecified atom stereocenters. The molecule has 3 heteroatoms. The maximum absolute atomic E-state index is 11.9. The number of hydrogen-bond acceptors (Lipinski definition) is 3. The molecule has 0 saturated heterocycles. The van der Waals surface area contributed by atoms with Crippen molar-refractivity contribution in [3.63, 3.8) is 0 Å². The summed E-state index contributed by atoms with van der Waals surface area (Å²) in [7, 11) is 0. The predicted molar refractivity (Wildman–Crippen MR) is 61.5 cm³/mol. The van der Waals surface area contributed by atoms with Crippen LogP contribution in [0.25, 0.3) is 0 Å². The van der Waals surface area contributed by atoms with E-state index in [2.05, 4.69) is 5.32 Å². The second-order valence-corrected chi connectivity index (χ2v) is 4.08. The van der Waals surface area contributed by atoms with E-state index in [-0.39, 0.29) is 23.2 Å². The standard InChI is InChI=1S/C13H13NO2/c1-8(2)14-7-11-12(15)9-5-3-4-6-10(9)13(11)16/h3-8,14H,1-2H3. The van der Waals surface area contributed by atoms with E-state index in [0.29, 0.717) is 11.1 Å². The van der Waals surface area contributed by atoms with Crippen LogP contribution < -0.4 is 5.32 Å². The molecular formula is C13H13NO2. The number of carbonyl (C=O) groups is 2. The molecule has 0 aliphatic heterocycles. The lowest BCUT2D eigenvalue weighted by atomic mass is 10.1. The fourth-order valence-corrected chi connectivity index (χ4v) is 1.65. The third kappa shape index (κ3) is 1.65. The second-order valence-electron chi connectivity index (χ2n) is 4.08. The first-order valence-corrected chi connectivity index (χ1v) is 5.26. The van der Waals surface area contributed by atoms with E-state index in [1.165, 1.54) is 6.20 Å². The van der Waals surface area contributed by atoms with Gasteiger partial charge in [0.25, 0.3) is 0 Å². The number of rotatable bonds is 2. The largest absolute Gasteiger partial charge is 0.388 e. The molecule has 0 spiro atoms. The Morgan fingerprint density at radius 3 is 2.00 bits per heavy atom. The highest BCUT2D eigenvalue weighted by Crippen LogP contribution is 2.25. The molecular weight excluding hydrogens is 202 g/mol. The molecule has 1 aliphatic rings. The van der Waals surface area contributed by atoms with Crippen LogP contribution in [0.15, 0.2) is 36.0 Å². The molecule has 3 nitrogen and oxygen atoms in total. The molecule has 82 valence electrons. The zero-order chi connectivity index (χ0) is 11.7. The highest BCUT2D eigenvalue weighted by molar-refractivity contribution is 6.39. The van der Waals surface area contributed by atoms with Crippen LogP contribution in [0.2, 0.25) is 0 Å². The summed E-state index contributed by atoms with van der Waals surface area (Å²) in [6.07, 6.45) is 1.52. The average Bonchev–Trinajstić information content (AvgIpc) is 2.50. The molecule has 0 heterocycles. The van der Waals surface area contributed by atoms with Crippen LogP contribution in [0.1, 0.15) is 34.6 Å². The van der Waals surface area contributed by atoms with Gasteiger partial charge in [0.1, 0.15) is 0 Å². The van der Waals surface area contributed by atoms with E-state index in [9.17, 15) is 9.59 Å². The van der Waals surface area contributed by atoms with Gasteiger partial charge in [-0.3, -0.25) is 9.59 Å². The van der Waals surface area contributed by atoms with Crippen LogP contribution in [-0.4, -0.2) is 17.6 Å². The fourth-order valence-electron chi connectivity index (χ4n) is 1.65. The summed E-state index contributed by atoms with van der Waals surface area (Å²) in [6.45, 7) is 3.90.